The van der Waals surface area contributed by atoms with Crippen LogP contribution in [0.5, 0.6) is 5.75 Å². The van der Waals surface area contributed by atoms with E-state index in [4.69, 9.17) is 4.74 Å². The Morgan fingerprint density at radius 1 is 0.973 bits per heavy atom. The first-order valence-electron chi connectivity index (χ1n) is 11.6. The smallest absolute Gasteiger partial charge is 0.260 e. The monoisotopic (exact) mass is 522 g/mol. The average molecular weight is 523 g/mol. The molecule has 0 saturated carbocycles. The minimum absolute atomic E-state index is 0.127. The largest absolute Gasteiger partial charge is 0.484 e. The van der Waals surface area contributed by atoms with E-state index in [0.29, 0.717) is 17.0 Å². The zero-order valence-corrected chi connectivity index (χ0v) is 21.7. The van der Waals surface area contributed by atoms with Crippen molar-refractivity contribution in [3.05, 3.63) is 95.6 Å². The van der Waals surface area contributed by atoms with E-state index < -0.39 is 22.5 Å². The van der Waals surface area contributed by atoms with Crippen LogP contribution in [-0.2, 0) is 19.6 Å². The average Bonchev–Trinajstić information content (AvgIpc) is 2.87. The summed E-state index contributed by atoms with van der Waals surface area (Å²) < 4.78 is 30.9. The number of hydrogen-bond acceptors (Lipinski definition) is 6. The summed E-state index contributed by atoms with van der Waals surface area (Å²) in [5.41, 5.74) is 5.39. The van der Waals surface area contributed by atoms with Crippen LogP contribution in [0.3, 0.4) is 0 Å². The van der Waals surface area contributed by atoms with E-state index in [1.54, 1.807) is 48.5 Å². The van der Waals surface area contributed by atoms with E-state index in [1.807, 2.05) is 44.2 Å². The highest BCUT2D eigenvalue weighted by Crippen LogP contribution is 2.18. The number of aryl methyl sites for hydroxylation is 1. The van der Waals surface area contributed by atoms with E-state index in [1.165, 1.54) is 6.21 Å². The van der Waals surface area contributed by atoms with Gasteiger partial charge in [0.1, 0.15) is 12.3 Å². The maximum absolute atomic E-state index is 12.3. The summed E-state index contributed by atoms with van der Waals surface area (Å²) in [5.74, 6) is -0.318. The minimum Gasteiger partial charge on any atom is -0.484 e. The predicted molar refractivity (Wildman–Crippen MR) is 144 cm³/mol. The van der Waals surface area contributed by atoms with E-state index in [9.17, 15) is 18.0 Å². The molecule has 3 aromatic rings. The first-order chi connectivity index (χ1) is 17.6. The fraction of sp³-hybridized carbons (Fsp3) is 0.222. The number of benzene rings is 3. The Labute approximate surface area is 217 Å². The molecule has 10 heteroatoms. The van der Waals surface area contributed by atoms with Crippen molar-refractivity contribution >= 4 is 33.7 Å². The van der Waals surface area contributed by atoms with Gasteiger partial charge in [0.15, 0.2) is 6.61 Å². The lowest BCUT2D eigenvalue weighted by Gasteiger charge is -2.21. The van der Waals surface area contributed by atoms with E-state index in [-0.39, 0.29) is 18.6 Å². The van der Waals surface area contributed by atoms with Crippen LogP contribution in [0.15, 0.2) is 84.0 Å². The van der Waals surface area contributed by atoms with Crippen LogP contribution < -0.4 is 19.8 Å². The lowest BCUT2D eigenvalue weighted by molar-refractivity contribution is -0.123. The molecule has 0 spiro atoms. The highest BCUT2D eigenvalue weighted by atomic mass is 32.2. The number of nitrogens with zero attached hydrogens (tertiary/aromatic N) is 2. The van der Waals surface area contributed by atoms with Gasteiger partial charge in [-0.05, 0) is 61.4 Å². The molecule has 3 rings (SSSR count). The molecule has 3 aromatic carbocycles. The highest BCUT2D eigenvalue weighted by molar-refractivity contribution is 7.92. The van der Waals surface area contributed by atoms with Crippen LogP contribution in [0.25, 0.3) is 0 Å². The summed E-state index contributed by atoms with van der Waals surface area (Å²) in [6.45, 7) is 3.26. The molecular weight excluding hydrogens is 492 g/mol. The van der Waals surface area contributed by atoms with Crippen molar-refractivity contribution < 1.29 is 22.7 Å². The third-order valence-corrected chi connectivity index (χ3v) is 6.48. The van der Waals surface area contributed by atoms with Crippen molar-refractivity contribution in [2.24, 2.45) is 5.10 Å². The van der Waals surface area contributed by atoms with Gasteiger partial charge in [0.2, 0.25) is 10.0 Å². The maximum atomic E-state index is 12.3. The van der Waals surface area contributed by atoms with Crippen LogP contribution >= 0.6 is 0 Å². The molecule has 0 aromatic heterocycles. The van der Waals surface area contributed by atoms with Crippen molar-refractivity contribution in [2.75, 3.05) is 23.7 Å². The van der Waals surface area contributed by atoms with Gasteiger partial charge in [-0.25, -0.2) is 13.8 Å². The minimum atomic E-state index is -3.66. The Morgan fingerprint density at radius 2 is 1.62 bits per heavy atom. The molecule has 0 saturated heterocycles. The quantitative estimate of drug-likeness (QED) is 0.296. The van der Waals surface area contributed by atoms with Gasteiger partial charge in [0.25, 0.3) is 11.8 Å². The molecule has 0 aliphatic carbocycles. The van der Waals surface area contributed by atoms with Gasteiger partial charge in [-0.15, -0.1) is 0 Å². The Balaban J connectivity index is 1.47. The molecule has 0 aliphatic heterocycles. The van der Waals surface area contributed by atoms with Crippen LogP contribution in [0, 0.1) is 6.92 Å². The number of carbonyl (C=O) groups is 2. The van der Waals surface area contributed by atoms with E-state index >= 15 is 0 Å². The number of sulfonamides is 1. The van der Waals surface area contributed by atoms with Crippen LogP contribution in [0.1, 0.15) is 29.7 Å². The van der Waals surface area contributed by atoms with Crippen molar-refractivity contribution in [1.82, 2.24) is 10.7 Å². The zero-order valence-electron chi connectivity index (χ0n) is 20.9. The SMILES string of the molecule is Cc1ccc(N(CC(=O)NN=Cc2ccc(OCC(=O)NC(C)c3ccccc3)cc2)S(C)(=O)=O)cc1. The zero-order chi connectivity index (χ0) is 26.8. The van der Waals surface area contributed by atoms with Crippen molar-refractivity contribution in [3.63, 3.8) is 0 Å². The molecule has 9 nitrogen and oxygen atoms in total. The number of carbonyl (C=O) groups excluding carboxylic acids is 2. The van der Waals surface area contributed by atoms with Gasteiger partial charge >= 0.3 is 0 Å². The van der Waals surface area contributed by atoms with Crippen LogP contribution in [0.4, 0.5) is 5.69 Å². The van der Waals surface area contributed by atoms with Gasteiger partial charge in [-0.2, -0.15) is 5.10 Å². The van der Waals surface area contributed by atoms with Gasteiger partial charge in [0.05, 0.1) is 24.2 Å². The van der Waals surface area contributed by atoms with Gasteiger partial charge in [0, 0.05) is 0 Å². The third-order valence-electron chi connectivity index (χ3n) is 5.34. The molecule has 0 bridgehead atoms. The summed E-state index contributed by atoms with van der Waals surface area (Å²) in [4.78, 5) is 24.5. The number of anilines is 1. The number of hydrogen-bond donors (Lipinski definition) is 2. The summed E-state index contributed by atoms with van der Waals surface area (Å²) in [5, 5.41) is 6.78. The highest BCUT2D eigenvalue weighted by Gasteiger charge is 2.20. The van der Waals surface area contributed by atoms with Crippen LogP contribution in [0.2, 0.25) is 0 Å². The van der Waals surface area contributed by atoms with Gasteiger partial charge in [-0.1, -0.05) is 48.0 Å². The predicted octanol–water partition coefficient (Wildman–Crippen LogP) is 3.17. The fourth-order valence-corrected chi connectivity index (χ4v) is 4.22. The summed E-state index contributed by atoms with van der Waals surface area (Å²) in [6.07, 6.45) is 2.47. The summed E-state index contributed by atoms with van der Waals surface area (Å²) in [6, 6.07) is 23.1. The van der Waals surface area contributed by atoms with Crippen molar-refractivity contribution in [2.45, 2.75) is 19.9 Å². The second-order valence-corrected chi connectivity index (χ2v) is 10.4. The molecule has 0 heterocycles. The number of nitrogens with one attached hydrogen (secondary N) is 2. The molecule has 1 atom stereocenters. The molecule has 2 N–H and O–H groups in total. The maximum Gasteiger partial charge on any atom is 0.260 e. The lowest BCUT2D eigenvalue weighted by atomic mass is 10.1. The number of hydrazone groups is 1. The molecular formula is C27H30N4O5S. The fourth-order valence-electron chi connectivity index (χ4n) is 3.36. The Hall–Kier alpha value is -4.18. The molecule has 1 unspecified atom stereocenters. The molecule has 0 aliphatic rings. The Kier molecular flexibility index (Phi) is 9.39. The van der Waals surface area contributed by atoms with Crippen molar-refractivity contribution in [1.29, 1.82) is 0 Å². The standard InChI is InChI=1S/C27H30N4O5S/c1-20-9-13-24(14-10-20)31(37(3,34)35)18-26(32)30-28-17-22-11-15-25(16-12-22)36-19-27(33)29-21(2)23-7-5-4-6-8-23/h4-17,21H,18-19H2,1-3H3,(H,29,33)(H,30,32). The van der Waals surface area contributed by atoms with E-state index in [2.05, 4.69) is 15.8 Å². The second-order valence-electron chi connectivity index (χ2n) is 8.46. The topological polar surface area (TPSA) is 117 Å². The van der Waals surface area contributed by atoms with Gasteiger partial charge < -0.3 is 10.1 Å². The Bertz CT molecular complexity index is 1330. The lowest BCUT2D eigenvalue weighted by Crippen LogP contribution is -2.39. The number of ether oxygens (including phenoxy) is 1. The first kappa shape index (κ1) is 27.4. The number of amides is 2. The van der Waals surface area contributed by atoms with Gasteiger partial charge in [-0.3, -0.25) is 13.9 Å². The molecule has 0 radical (unpaired) electrons. The third kappa shape index (κ3) is 8.76. The van der Waals surface area contributed by atoms with Crippen molar-refractivity contribution in [3.8, 4) is 5.75 Å². The summed E-state index contributed by atoms with van der Waals surface area (Å²) >= 11 is 0. The second kappa shape index (κ2) is 12.7. The molecule has 0 fully saturated rings. The normalized spacial score (nSPS) is 12.1. The molecule has 194 valence electrons. The van der Waals surface area contributed by atoms with E-state index in [0.717, 1.165) is 21.7 Å². The first-order valence-corrected chi connectivity index (χ1v) is 13.4. The molecule has 37 heavy (non-hydrogen) atoms. The Morgan fingerprint density at radius 3 is 2.24 bits per heavy atom. The number of rotatable bonds is 11. The van der Waals surface area contributed by atoms with Crippen LogP contribution in [-0.4, -0.2) is 45.9 Å². The molecule has 2 amide bonds. The summed E-state index contributed by atoms with van der Waals surface area (Å²) in [7, 11) is -3.66.